The summed E-state index contributed by atoms with van der Waals surface area (Å²) in [7, 11) is 0. The van der Waals surface area contributed by atoms with Crippen LogP contribution in [0.5, 0.6) is 0 Å². The van der Waals surface area contributed by atoms with Gasteiger partial charge in [-0.3, -0.25) is 9.59 Å². The Hall–Kier alpha value is -2.40. The lowest BCUT2D eigenvalue weighted by molar-refractivity contribution is 0.0317. The second kappa shape index (κ2) is 7.01. The minimum absolute atomic E-state index is 0.124. The van der Waals surface area contributed by atoms with Gasteiger partial charge in [-0.1, -0.05) is 23.7 Å². The van der Waals surface area contributed by atoms with E-state index in [2.05, 4.69) is 4.98 Å². The number of nitrogens with one attached hydrogen (secondary N) is 1. The number of carbonyl (C=O) groups excluding carboxylic acids is 3. The summed E-state index contributed by atoms with van der Waals surface area (Å²) in [6.07, 6.45) is -1.01. The van der Waals surface area contributed by atoms with Crippen molar-refractivity contribution < 1.29 is 19.1 Å². The molecule has 0 spiro atoms. The van der Waals surface area contributed by atoms with Gasteiger partial charge >= 0.3 is 5.97 Å². The number of Topliss-reactive ketones (excluding diaryl/α,β-unsaturated/α-hetero) is 2. The Kier molecular flexibility index (Phi) is 5.24. The summed E-state index contributed by atoms with van der Waals surface area (Å²) in [5.74, 6) is -1.20. The van der Waals surface area contributed by atoms with Gasteiger partial charge in [0.25, 0.3) is 0 Å². The summed E-state index contributed by atoms with van der Waals surface area (Å²) in [6, 6.07) is 6.46. The highest BCUT2D eigenvalue weighted by molar-refractivity contribution is 6.33. The number of ketones is 2. The number of ether oxygens (including phenoxy) is 1. The van der Waals surface area contributed by atoms with Gasteiger partial charge in [0.1, 0.15) is 0 Å². The Morgan fingerprint density at radius 3 is 2.33 bits per heavy atom. The van der Waals surface area contributed by atoms with Crippen LogP contribution in [0.1, 0.15) is 56.3 Å². The van der Waals surface area contributed by atoms with Crippen molar-refractivity contribution in [1.29, 1.82) is 0 Å². The highest BCUT2D eigenvalue weighted by Crippen LogP contribution is 2.21. The van der Waals surface area contributed by atoms with E-state index in [0.29, 0.717) is 16.8 Å². The molecular weight excluding hydrogens is 330 g/mol. The molecule has 6 heteroatoms. The minimum atomic E-state index is -1.01. The third-order valence-corrected chi connectivity index (χ3v) is 4.11. The molecular formula is C18H18ClNO4. The number of benzene rings is 1. The van der Waals surface area contributed by atoms with Crippen molar-refractivity contribution >= 4 is 29.1 Å². The van der Waals surface area contributed by atoms with E-state index in [4.69, 9.17) is 16.3 Å². The Morgan fingerprint density at radius 2 is 1.79 bits per heavy atom. The molecule has 2 rings (SSSR count). The number of aryl methyl sites for hydroxylation is 1. The van der Waals surface area contributed by atoms with Crippen LogP contribution in [0.3, 0.4) is 0 Å². The number of aromatic nitrogens is 1. The summed E-state index contributed by atoms with van der Waals surface area (Å²) < 4.78 is 5.22. The standard InChI is InChI=1S/C18H18ClNO4/c1-9-15(11(3)21)10(2)20-16(9)17(22)12(4)24-18(23)13-7-5-6-8-14(13)19/h5-8,12,20H,1-4H3/t12-/m1/s1. The number of hydrogen-bond donors (Lipinski definition) is 1. The molecule has 1 aromatic heterocycles. The largest absolute Gasteiger partial charge is 0.451 e. The van der Waals surface area contributed by atoms with Crippen molar-refractivity contribution in [2.24, 2.45) is 0 Å². The first-order valence-electron chi connectivity index (χ1n) is 7.43. The summed E-state index contributed by atoms with van der Waals surface area (Å²) in [6.45, 7) is 6.34. The van der Waals surface area contributed by atoms with Crippen molar-refractivity contribution in [3.05, 3.63) is 57.4 Å². The van der Waals surface area contributed by atoms with E-state index in [9.17, 15) is 14.4 Å². The van der Waals surface area contributed by atoms with Crippen LogP contribution in [-0.2, 0) is 4.74 Å². The molecule has 0 aliphatic rings. The molecule has 1 N–H and O–H groups in total. The Balaban J connectivity index is 2.22. The average Bonchev–Trinajstić information content (AvgIpc) is 2.81. The molecule has 1 atom stereocenters. The Labute approximate surface area is 145 Å². The number of halogens is 1. The summed E-state index contributed by atoms with van der Waals surface area (Å²) in [4.78, 5) is 39.3. The molecule has 0 amide bonds. The number of esters is 1. The third-order valence-electron chi connectivity index (χ3n) is 3.78. The zero-order chi connectivity index (χ0) is 18.0. The monoisotopic (exact) mass is 347 g/mol. The van der Waals surface area contributed by atoms with E-state index in [1.54, 1.807) is 32.0 Å². The van der Waals surface area contributed by atoms with Crippen LogP contribution in [-0.4, -0.2) is 28.6 Å². The number of aromatic amines is 1. The molecule has 126 valence electrons. The summed E-state index contributed by atoms with van der Waals surface area (Å²) >= 11 is 5.95. The van der Waals surface area contributed by atoms with Gasteiger partial charge in [-0.05, 0) is 45.4 Å². The van der Waals surface area contributed by atoms with Crippen molar-refractivity contribution in [3.8, 4) is 0 Å². The predicted molar refractivity (Wildman–Crippen MR) is 90.9 cm³/mol. The average molecular weight is 348 g/mol. The van der Waals surface area contributed by atoms with Gasteiger partial charge in [-0.25, -0.2) is 4.79 Å². The van der Waals surface area contributed by atoms with Crippen molar-refractivity contribution in [2.75, 3.05) is 0 Å². The smallest absolute Gasteiger partial charge is 0.340 e. The van der Waals surface area contributed by atoms with Gasteiger partial charge in [0.05, 0.1) is 16.3 Å². The first kappa shape index (κ1) is 17.9. The molecule has 0 bridgehead atoms. The number of carbonyl (C=O) groups is 3. The lowest BCUT2D eigenvalue weighted by Crippen LogP contribution is -2.25. The fourth-order valence-corrected chi connectivity index (χ4v) is 2.84. The molecule has 0 saturated carbocycles. The predicted octanol–water partition coefficient (Wildman–Crippen LogP) is 3.92. The van der Waals surface area contributed by atoms with E-state index in [1.165, 1.54) is 19.9 Å². The highest BCUT2D eigenvalue weighted by atomic mass is 35.5. The first-order valence-corrected chi connectivity index (χ1v) is 7.81. The lowest BCUT2D eigenvalue weighted by Gasteiger charge is -2.13. The lowest BCUT2D eigenvalue weighted by atomic mass is 10.0. The highest BCUT2D eigenvalue weighted by Gasteiger charge is 2.26. The fourth-order valence-electron chi connectivity index (χ4n) is 2.63. The zero-order valence-corrected chi connectivity index (χ0v) is 14.7. The number of rotatable bonds is 5. The summed E-state index contributed by atoms with van der Waals surface area (Å²) in [5.41, 5.74) is 2.14. The van der Waals surface area contributed by atoms with Gasteiger partial charge in [0.15, 0.2) is 11.9 Å². The van der Waals surface area contributed by atoms with Gasteiger partial charge < -0.3 is 9.72 Å². The zero-order valence-electron chi connectivity index (χ0n) is 13.9. The third kappa shape index (κ3) is 3.41. The van der Waals surface area contributed by atoms with Crippen LogP contribution in [0.15, 0.2) is 24.3 Å². The second-order valence-corrected chi connectivity index (χ2v) is 5.98. The van der Waals surface area contributed by atoms with Gasteiger partial charge in [-0.15, -0.1) is 0 Å². The summed E-state index contributed by atoms with van der Waals surface area (Å²) in [5, 5.41) is 0.257. The SMILES string of the molecule is CC(=O)c1c(C)[nH]c(C(=O)[C@@H](C)OC(=O)c2ccccc2Cl)c1C. The molecule has 2 aromatic rings. The molecule has 1 aromatic carbocycles. The van der Waals surface area contributed by atoms with Crippen molar-refractivity contribution in [2.45, 2.75) is 33.8 Å². The molecule has 0 aliphatic carbocycles. The van der Waals surface area contributed by atoms with Crippen LogP contribution in [0.2, 0.25) is 5.02 Å². The minimum Gasteiger partial charge on any atom is -0.451 e. The van der Waals surface area contributed by atoms with Crippen LogP contribution in [0, 0.1) is 13.8 Å². The van der Waals surface area contributed by atoms with E-state index in [-0.39, 0.29) is 22.1 Å². The van der Waals surface area contributed by atoms with E-state index >= 15 is 0 Å². The van der Waals surface area contributed by atoms with Crippen LogP contribution < -0.4 is 0 Å². The maximum atomic E-state index is 12.6. The van der Waals surface area contributed by atoms with Crippen LogP contribution >= 0.6 is 11.6 Å². The molecule has 0 aliphatic heterocycles. The Morgan fingerprint density at radius 1 is 1.17 bits per heavy atom. The van der Waals surface area contributed by atoms with Gasteiger partial charge in [0, 0.05) is 11.3 Å². The molecule has 0 radical (unpaired) electrons. The molecule has 5 nitrogen and oxygen atoms in total. The Bertz CT molecular complexity index is 822. The van der Waals surface area contributed by atoms with Crippen molar-refractivity contribution in [3.63, 3.8) is 0 Å². The second-order valence-electron chi connectivity index (χ2n) is 5.57. The van der Waals surface area contributed by atoms with Crippen LogP contribution in [0.4, 0.5) is 0 Å². The van der Waals surface area contributed by atoms with E-state index in [1.807, 2.05) is 0 Å². The number of hydrogen-bond acceptors (Lipinski definition) is 4. The van der Waals surface area contributed by atoms with Crippen molar-refractivity contribution in [1.82, 2.24) is 4.98 Å². The maximum absolute atomic E-state index is 12.6. The van der Waals surface area contributed by atoms with Gasteiger partial charge in [0.2, 0.25) is 5.78 Å². The molecule has 0 unspecified atom stereocenters. The normalized spacial score (nSPS) is 11.9. The molecule has 0 fully saturated rings. The molecule has 0 saturated heterocycles. The van der Waals surface area contributed by atoms with Crippen LogP contribution in [0.25, 0.3) is 0 Å². The topological polar surface area (TPSA) is 76.2 Å². The quantitative estimate of drug-likeness (QED) is 0.657. The molecule has 1 heterocycles. The van der Waals surface area contributed by atoms with Gasteiger partial charge in [-0.2, -0.15) is 0 Å². The maximum Gasteiger partial charge on any atom is 0.340 e. The van der Waals surface area contributed by atoms with E-state index in [0.717, 1.165) is 0 Å². The van der Waals surface area contributed by atoms with E-state index < -0.39 is 17.9 Å². The fraction of sp³-hybridized carbons (Fsp3) is 0.278. The molecule has 24 heavy (non-hydrogen) atoms. The first-order chi connectivity index (χ1) is 11.2. The number of H-pyrrole nitrogens is 1.